The standard InChI is InChI=1S/C22H25N5O2.2ClH/c28-21(27-13-10-24-15-19(27)17-4-3-9-23-14-17)16-7-11-26(12-8-16)22-25-18-5-1-2-6-20(18)29-22;;/h1-6,9,14,16,19,24H,7-8,10-13,15H2;2*1H. The molecule has 0 saturated carbocycles. The highest BCUT2D eigenvalue weighted by molar-refractivity contribution is 5.85. The number of hydrogen-bond acceptors (Lipinski definition) is 6. The van der Waals surface area contributed by atoms with Gasteiger partial charge in [0, 0.05) is 51.0 Å². The Morgan fingerprint density at radius 1 is 1.06 bits per heavy atom. The minimum absolute atomic E-state index is 0. The molecule has 2 aromatic heterocycles. The Hall–Kier alpha value is -2.35. The molecule has 1 unspecified atom stereocenters. The SMILES string of the molecule is Cl.Cl.O=C(C1CCN(c2nc3ccccc3o2)CC1)N1CCNCC1c1cccnc1. The van der Waals surface area contributed by atoms with E-state index in [9.17, 15) is 4.79 Å². The number of carbonyl (C=O) groups excluding carboxylic acids is 1. The third-order valence-electron chi connectivity index (χ3n) is 5.99. The quantitative estimate of drug-likeness (QED) is 0.640. The molecule has 1 N–H and O–H groups in total. The molecule has 9 heteroatoms. The zero-order valence-electron chi connectivity index (χ0n) is 17.1. The lowest BCUT2D eigenvalue weighted by molar-refractivity contribution is -0.139. The van der Waals surface area contributed by atoms with Gasteiger partial charge in [0.1, 0.15) is 5.52 Å². The monoisotopic (exact) mass is 463 g/mol. The molecule has 1 aromatic carbocycles. The predicted octanol–water partition coefficient (Wildman–Crippen LogP) is 3.46. The highest BCUT2D eigenvalue weighted by Gasteiger charge is 2.34. The number of oxazole rings is 1. The fraction of sp³-hybridized carbons (Fsp3) is 0.409. The molecule has 0 aliphatic carbocycles. The number of rotatable bonds is 3. The molecule has 0 bridgehead atoms. The fourth-order valence-electron chi connectivity index (χ4n) is 4.39. The van der Waals surface area contributed by atoms with Crippen LogP contribution in [0.15, 0.2) is 53.2 Å². The molecule has 0 radical (unpaired) electrons. The van der Waals surface area contributed by atoms with Crippen molar-refractivity contribution in [1.82, 2.24) is 20.2 Å². The van der Waals surface area contributed by atoms with Crippen molar-refractivity contribution in [2.75, 3.05) is 37.6 Å². The molecule has 2 aliphatic heterocycles. The largest absolute Gasteiger partial charge is 0.423 e. The minimum atomic E-state index is 0. The van der Waals surface area contributed by atoms with E-state index >= 15 is 0 Å². The first-order valence-electron chi connectivity index (χ1n) is 10.3. The van der Waals surface area contributed by atoms with Gasteiger partial charge in [-0.25, -0.2) is 0 Å². The van der Waals surface area contributed by atoms with Crippen LogP contribution in [0.5, 0.6) is 0 Å². The number of carbonyl (C=O) groups is 1. The molecule has 2 saturated heterocycles. The predicted molar refractivity (Wildman–Crippen MR) is 125 cm³/mol. The molecule has 1 amide bonds. The van der Waals surface area contributed by atoms with Crippen LogP contribution in [0.1, 0.15) is 24.4 Å². The first-order valence-corrected chi connectivity index (χ1v) is 10.3. The number of benzene rings is 1. The van der Waals surface area contributed by atoms with Crippen LogP contribution >= 0.6 is 24.8 Å². The van der Waals surface area contributed by atoms with E-state index in [0.717, 1.165) is 62.2 Å². The number of fused-ring (bicyclic) bond motifs is 1. The number of nitrogens with zero attached hydrogens (tertiary/aromatic N) is 4. The third-order valence-corrected chi connectivity index (χ3v) is 5.99. The Balaban J connectivity index is 0.00000136. The zero-order valence-corrected chi connectivity index (χ0v) is 18.8. The Labute approximate surface area is 194 Å². The van der Waals surface area contributed by atoms with Crippen molar-refractivity contribution in [2.24, 2.45) is 5.92 Å². The average Bonchev–Trinajstić information content (AvgIpc) is 3.24. The third kappa shape index (κ3) is 4.79. The highest BCUT2D eigenvalue weighted by atomic mass is 35.5. The summed E-state index contributed by atoms with van der Waals surface area (Å²) in [5.41, 5.74) is 2.78. The zero-order chi connectivity index (χ0) is 19.6. The number of aromatic nitrogens is 2. The summed E-state index contributed by atoms with van der Waals surface area (Å²) >= 11 is 0. The average molecular weight is 464 g/mol. The van der Waals surface area contributed by atoms with Crippen LogP contribution in [-0.2, 0) is 4.79 Å². The van der Waals surface area contributed by atoms with Crippen LogP contribution in [0.25, 0.3) is 11.1 Å². The van der Waals surface area contributed by atoms with E-state index in [2.05, 4.69) is 26.3 Å². The van der Waals surface area contributed by atoms with Crippen molar-refractivity contribution in [3.63, 3.8) is 0 Å². The Morgan fingerprint density at radius 3 is 2.61 bits per heavy atom. The lowest BCUT2D eigenvalue weighted by Gasteiger charge is -2.40. The Morgan fingerprint density at radius 2 is 1.87 bits per heavy atom. The maximum atomic E-state index is 13.3. The molecule has 2 fully saturated rings. The summed E-state index contributed by atoms with van der Waals surface area (Å²) < 4.78 is 5.90. The highest BCUT2D eigenvalue weighted by Crippen LogP contribution is 2.30. The molecular weight excluding hydrogens is 437 g/mol. The van der Waals surface area contributed by atoms with Gasteiger partial charge in [0.15, 0.2) is 5.58 Å². The van der Waals surface area contributed by atoms with E-state index < -0.39 is 0 Å². The maximum Gasteiger partial charge on any atom is 0.298 e. The molecule has 31 heavy (non-hydrogen) atoms. The number of piperazine rings is 1. The molecule has 7 nitrogen and oxygen atoms in total. The first-order chi connectivity index (χ1) is 14.3. The summed E-state index contributed by atoms with van der Waals surface area (Å²) in [5, 5.41) is 3.41. The molecule has 1 atom stereocenters. The van der Waals surface area contributed by atoms with Crippen molar-refractivity contribution < 1.29 is 9.21 Å². The van der Waals surface area contributed by atoms with Crippen molar-refractivity contribution >= 4 is 47.8 Å². The number of piperidine rings is 1. The van der Waals surface area contributed by atoms with E-state index in [1.165, 1.54) is 0 Å². The van der Waals surface area contributed by atoms with E-state index in [4.69, 9.17) is 4.42 Å². The van der Waals surface area contributed by atoms with Gasteiger partial charge in [0.2, 0.25) is 5.91 Å². The summed E-state index contributed by atoms with van der Waals surface area (Å²) in [6.45, 7) is 3.92. The van der Waals surface area contributed by atoms with E-state index in [0.29, 0.717) is 6.01 Å². The number of amides is 1. The second-order valence-electron chi connectivity index (χ2n) is 7.76. The van der Waals surface area contributed by atoms with Crippen molar-refractivity contribution in [3.05, 3.63) is 54.4 Å². The number of para-hydroxylation sites is 2. The number of anilines is 1. The van der Waals surface area contributed by atoms with Gasteiger partial charge in [0.05, 0.1) is 6.04 Å². The van der Waals surface area contributed by atoms with Crippen molar-refractivity contribution in [1.29, 1.82) is 0 Å². The van der Waals surface area contributed by atoms with Crippen molar-refractivity contribution in [3.8, 4) is 0 Å². The second kappa shape index (κ2) is 10.3. The van der Waals surface area contributed by atoms with E-state index in [1.807, 2.05) is 41.4 Å². The van der Waals surface area contributed by atoms with Gasteiger partial charge >= 0.3 is 0 Å². The summed E-state index contributed by atoms with van der Waals surface area (Å²) in [6.07, 6.45) is 5.28. The van der Waals surface area contributed by atoms with Crippen LogP contribution in [0, 0.1) is 5.92 Å². The lowest BCUT2D eigenvalue weighted by atomic mass is 9.93. The molecule has 3 aromatic rings. The van der Waals surface area contributed by atoms with Gasteiger partial charge in [-0.3, -0.25) is 9.78 Å². The lowest BCUT2D eigenvalue weighted by Crippen LogP contribution is -2.51. The van der Waals surface area contributed by atoms with Crippen LogP contribution < -0.4 is 10.2 Å². The summed E-state index contributed by atoms with van der Waals surface area (Å²) in [7, 11) is 0. The molecule has 166 valence electrons. The normalized spacial score (nSPS) is 19.5. The first kappa shape index (κ1) is 23.3. The summed E-state index contributed by atoms with van der Waals surface area (Å²) in [5.74, 6) is 0.311. The molecule has 5 rings (SSSR count). The molecule has 4 heterocycles. The van der Waals surface area contributed by atoms with Crippen LogP contribution in [0.2, 0.25) is 0 Å². The smallest absolute Gasteiger partial charge is 0.298 e. The topological polar surface area (TPSA) is 74.5 Å². The van der Waals surface area contributed by atoms with Crippen molar-refractivity contribution in [2.45, 2.75) is 18.9 Å². The number of halogens is 2. The molecule has 2 aliphatic rings. The minimum Gasteiger partial charge on any atom is -0.423 e. The van der Waals surface area contributed by atoms with Crippen LogP contribution in [-0.4, -0.2) is 53.5 Å². The van der Waals surface area contributed by atoms with E-state index in [-0.39, 0.29) is 42.7 Å². The summed E-state index contributed by atoms with van der Waals surface area (Å²) in [6, 6.07) is 12.5. The van der Waals surface area contributed by atoms with Gasteiger partial charge in [0.25, 0.3) is 6.01 Å². The number of pyridine rings is 1. The Kier molecular flexibility index (Phi) is 7.75. The van der Waals surface area contributed by atoms with Gasteiger partial charge in [-0.15, -0.1) is 24.8 Å². The van der Waals surface area contributed by atoms with Crippen LogP contribution in [0.4, 0.5) is 6.01 Å². The van der Waals surface area contributed by atoms with Gasteiger partial charge < -0.3 is 19.5 Å². The van der Waals surface area contributed by atoms with Gasteiger partial charge in [-0.1, -0.05) is 18.2 Å². The maximum absolute atomic E-state index is 13.3. The number of hydrogen-bond donors (Lipinski definition) is 1. The van der Waals surface area contributed by atoms with Crippen LogP contribution in [0.3, 0.4) is 0 Å². The van der Waals surface area contributed by atoms with Gasteiger partial charge in [-0.05, 0) is 36.6 Å². The molecular formula is C22H27Cl2N5O2. The second-order valence-corrected chi connectivity index (χ2v) is 7.76. The Bertz CT molecular complexity index is 959. The summed E-state index contributed by atoms with van der Waals surface area (Å²) in [4.78, 5) is 26.4. The number of nitrogens with one attached hydrogen (secondary N) is 1. The fourth-order valence-corrected chi connectivity index (χ4v) is 4.39. The van der Waals surface area contributed by atoms with Gasteiger partial charge in [-0.2, -0.15) is 4.98 Å². The molecule has 0 spiro atoms. The van der Waals surface area contributed by atoms with E-state index in [1.54, 1.807) is 6.20 Å².